The third-order valence-corrected chi connectivity index (χ3v) is 3.99. The lowest BCUT2D eigenvalue weighted by molar-refractivity contribution is 0.306. The first-order valence-corrected chi connectivity index (χ1v) is 6.54. The number of nitrogens with zero attached hydrogens (tertiary/aromatic N) is 2. The van der Waals surface area contributed by atoms with Crippen molar-refractivity contribution in [2.45, 2.75) is 23.8 Å². The van der Waals surface area contributed by atoms with Gasteiger partial charge >= 0.3 is 0 Å². The highest BCUT2D eigenvalue weighted by atomic mass is 35.5. The van der Waals surface area contributed by atoms with E-state index in [9.17, 15) is 0 Å². The molecule has 1 unspecified atom stereocenters. The van der Waals surface area contributed by atoms with Crippen LogP contribution in [0.3, 0.4) is 0 Å². The van der Waals surface area contributed by atoms with Crippen molar-refractivity contribution in [1.29, 1.82) is 0 Å². The number of rotatable bonds is 2. The van der Waals surface area contributed by atoms with Crippen molar-refractivity contribution in [2.24, 2.45) is 0 Å². The lowest BCUT2D eigenvalue weighted by atomic mass is 10.1. The zero-order valence-electron chi connectivity index (χ0n) is 9.14. The van der Waals surface area contributed by atoms with E-state index in [2.05, 4.69) is 10.1 Å². The molecule has 0 amide bonds. The molecule has 3 atom stereocenters. The Morgan fingerprint density at radius 1 is 1.28 bits per heavy atom. The summed E-state index contributed by atoms with van der Waals surface area (Å²) >= 11 is 11.7. The number of fused-ring (bicyclic) bond motifs is 3. The van der Waals surface area contributed by atoms with Crippen LogP contribution in [0.1, 0.15) is 29.1 Å². The Bertz CT molecular complexity index is 628. The SMILES string of the molecule is ClCc1nc([C@@H]2C3c4cccc(Cl)c4O[C@H]32)no1. The van der Waals surface area contributed by atoms with Crippen molar-refractivity contribution < 1.29 is 9.26 Å². The minimum Gasteiger partial charge on any atom is -0.487 e. The molecule has 0 N–H and O–H groups in total. The molecule has 2 heterocycles. The molecule has 4 nitrogen and oxygen atoms in total. The quantitative estimate of drug-likeness (QED) is 0.794. The van der Waals surface area contributed by atoms with Gasteiger partial charge in [0.2, 0.25) is 5.89 Å². The third kappa shape index (κ3) is 1.33. The minimum absolute atomic E-state index is 0.0840. The van der Waals surface area contributed by atoms with E-state index in [-0.39, 0.29) is 17.9 Å². The number of benzene rings is 1. The highest BCUT2D eigenvalue weighted by molar-refractivity contribution is 6.32. The fraction of sp³-hybridized carbons (Fsp3) is 0.333. The van der Waals surface area contributed by atoms with Crippen LogP contribution in [0.2, 0.25) is 5.02 Å². The van der Waals surface area contributed by atoms with Crippen LogP contribution in [0.5, 0.6) is 5.75 Å². The predicted molar refractivity (Wildman–Crippen MR) is 65.2 cm³/mol. The molecule has 92 valence electrons. The molecule has 1 aromatic carbocycles. The first-order valence-electron chi connectivity index (χ1n) is 5.63. The summed E-state index contributed by atoms with van der Waals surface area (Å²) in [6.07, 6.45) is 0.0840. The standard InChI is InChI=1S/C12H8Cl2N2O2/c13-4-7-15-12(16-18-7)9-8-5-2-1-3-6(14)10(5)17-11(8)9/h1-3,8-9,11H,4H2/t8?,9-,11-/m1/s1. The molecule has 18 heavy (non-hydrogen) atoms. The van der Waals surface area contributed by atoms with E-state index in [0.29, 0.717) is 22.7 Å². The van der Waals surface area contributed by atoms with E-state index in [1.165, 1.54) is 0 Å². The zero-order chi connectivity index (χ0) is 12.3. The van der Waals surface area contributed by atoms with E-state index in [1.807, 2.05) is 18.2 Å². The van der Waals surface area contributed by atoms with Crippen molar-refractivity contribution in [3.05, 3.63) is 40.5 Å². The first kappa shape index (κ1) is 10.6. The Labute approximate surface area is 113 Å². The second-order valence-corrected chi connectivity index (χ2v) is 5.15. The Hall–Kier alpha value is -1.26. The molecule has 4 rings (SSSR count). The summed E-state index contributed by atoms with van der Waals surface area (Å²) in [5.41, 5.74) is 1.13. The Morgan fingerprint density at radius 3 is 2.94 bits per heavy atom. The summed E-state index contributed by atoms with van der Waals surface area (Å²) in [6, 6.07) is 5.80. The molecular formula is C12H8Cl2N2O2. The van der Waals surface area contributed by atoms with Gasteiger partial charge in [-0.25, -0.2) is 0 Å². The third-order valence-electron chi connectivity index (χ3n) is 3.46. The maximum atomic E-state index is 6.08. The molecule has 0 saturated heterocycles. The van der Waals surface area contributed by atoms with E-state index in [4.69, 9.17) is 32.5 Å². The van der Waals surface area contributed by atoms with Crippen LogP contribution in [-0.2, 0) is 5.88 Å². The molecule has 2 aromatic rings. The largest absolute Gasteiger partial charge is 0.487 e. The van der Waals surface area contributed by atoms with Crippen LogP contribution in [0.4, 0.5) is 0 Å². The molecule has 0 bridgehead atoms. The summed E-state index contributed by atoms with van der Waals surface area (Å²) in [7, 11) is 0. The van der Waals surface area contributed by atoms with Crippen LogP contribution in [0.25, 0.3) is 0 Å². The lowest BCUT2D eigenvalue weighted by Gasteiger charge is -2.07. The summed E-state index contributed by atoms with van der Waals surface area (Å²) in [5.74, 6) is 2.61. The average molecular weight is 283 g/mol. The molecular weight excluding hydrogens is 275 g/mol. The Balaban J connectivity index is 1.67. The maximum Gasteiger partial charge on any atom is 0.241 e. The van der Waals surface area contributed by atoms with Gasteiger partial charge in [0.05, 0.1) is 10.9 Å². The lowest BCUT2D eigenvalue weighted by Crippen LogP contribution is -2.00. The molecule has 0 radical (unpaired) electrons. The molecule has 2 aliphatic rings. The summed E-state index contributed by atoms with van der Waals surface area (Å²) in [6.45, 7) is 0. The van der Waals surface area contributed by atoms with Crippen molar-refractivity contribution in [2.75, 3.05) is 0 Å². The maximum absolute atomic E-state index is 6.08. The van der Waals surface area contributed by atoms with Crippen LogP contribution >= 0.6 is 23.2 Å². The Kier molecular flexibility index (Phi) is 2.14. The van der Waals surface area contributed by atoms with Gasteiger partial charge in [0, 0.05) is 11.5 Å². The fourth-order valence-electron chi connectivity index (χ4n) is 2.61. The van der Waals surface area contributed by atoms with Gasteiger partial charge in [-0.2, -0.15) is 4.98 Å². The van der Waals surface area contributed by atoms with Crippen molar-refractivity contribution >= 4 is 23.2 Å². The fourth-order valence-corrected chi connectivity index (χ4v) is 2.95. The van der Waals surface area contributed by atoms with Crippen molar-refractivity contribution in [3.63, 3.8) is 0 Å². The monoisotopic (exact) mass is 282 g/mol. The van der Waals surface area contributed by atoms with Gasteiger partial charge in [-0.15, -0.1) is 11.6 Å². The highest BCUT2D eigenvalue weighted by Crippen LogP contribution is 2.63. The predicted octanol–water partition coefficient (Wildman–Crippen LogP) is 3.10. The van der Waals surface area contributed by atoms with Crippen molar-refractivity contribution in [3.8, 4) is 5.75 Å². The number of alkyl halides is 1. The van der Waals surface area contributed by atoms with Gasteiger partial charge in [-0.1, -0.05) is 28.9 Å². The van der Waals surface area contributed by atoms with E-state index in [0.717, 1.165) is 11.3 Å². The number of hydrogen-bond acceptors (Lipinski definition) is 4. The van der Waals surface area contributed by atoms with Gasteiger partial charge in [0.15, 0.2) is 5.82 Å². The normalized spacial score (nSPS) is 27.6. The molecule has 1 aromatic heterocycles. The summed E-state index contributed by atoms with van der Waals surface area (Å²) in [5, 5.41) is 4.60. The van der Waals surface area contributed by atoms with Crippen LogP contribution in [-0.4, -0.2) is 16.2 Å². The first-order chi connectivity index (χ1) is 8.79. The molecule has 0 spiro atoms. The van der Waals surface area contributed by atoms with Crippen LogP contribution in [0.15, 0.2) is 22.7 Å². The van der Waals surface area contributed by atoms with E-state index in [1.54, 1.807) is 0 Å². The van der Waals surface area contributed by atoms with Crippen LogP contribution in [0, 0.1) is 0 Å². The molecule has 1 aliphatic carbocycles. The van der Waals surface area contributed by atoms with Gasteiger partial charge in [0.1, 0.15) is 17.7 Å². The van der Waals surface area contributed by atoms with Gasteiger partial charge < -0.3 is 9.26 Å². The zero-order valence-corrected chi connectivity index (χ0v) is 10.6. The topological polar surface area (TPSA) is 48.2 Å². The number of aromatic nitrogens is 2. The molecule has 6 heteroatoms. The molecule has 1 fully saturated rings. The highest BCUT2D eigenvalue weighted by Gasteiger charge is 2.62. The van der Waals surface area contributed by atoms with Gasteiger partial charge in [-0.3, -0.25) is 0 Å². The summed E-state index contributed by atoms with van der Waals surface area (Å²) in [4.78, 5) is 4.25. The second kappa shape index (κ2) is 3.62. The smallest absolute Gasteiger partial charge is 0.241 e. The van der Waals surface area contributed by atoms with E-state index >= 15 is 0 Å². The summed E-state index contributed by atoms with van der Waals surface area (Å²) < 4.78 is 10.9. The van der Waals surface area contributed by atoms with E-state index < -0.39 is 0 Å². The second-order valence-electron chi connectivity index (χ2n) is 4.47. The average Bonchev–Trinajstić information content (AvgIpc) is 2.79. The molecule has 1 saturated carbocycles. The van der Waals surface area contributed by atoms with Crippen LogP contribution < -0.4 is 4.74 Å². The number of hydrogen-bond donors (Lipinski definition) is 0. The van der Waals surface area contributed by atoms with Gasteiger partial charge in [-0.05, 0) is 6.07 Å². The van der Waals surface area contributed by atoms with Crippen molar-refractivity contribution in [1.82, 2.24) is 10.1 Å². The number of halogens is 2. The minimum atomic E-state index is 0.0840. The van der Waals surface area contributed by atoms with Gasteiger partial charge in [0.25, 0.3) is 0 Å². The Morgan fingerprint density at radius 2 is 2.17 bits per heavy atom. The molecule has 1 aliphatic heterocycles. The number of ether oxygens (including phenoxy) is 1. The number of para-hydroxylation sites is 1.